The second-order valence-electron chi connectivity index (χ2n) is 7.06. The molecule has 3 heterocycles. The van der Waals surface area contributed by atoms with Gasteiger partial charge in [0.05, 0.1) is 11.6 Å². The summed E-state index contributed by atoms with van der Waals surface area (Å²) < 4.78 is 18.3. The van der Waals surface area contributed by atoms with Gasteiger partial charge in [0, 0.05) is 32.2 Å². The average Bonchev–Trinajstić information content (AvgIpc) is 3.27. The molecule has 0 N–H and O–H groups in total. The Morgan fingerprint density at radius 2 is 1.96 bits per heavy atom. The van der Waals surface area contributed by atoms with Gasteiger partial charge in [-0.25, -0.2) is 4.39 Å². The monoisotopic (exact) mass is 357 g/mol. The molecule has 2 saturated heterocycles. The number of nitrogens with zero attached hydrogens (tertiary/aromatic N) is 3. The summed E-state index contributed by atoms with van der Waals surface area (Å²) in [5.74, 6) is -0.123. The minimum atomic E-state index is -0.397. The van der Waals surface area contributed by atoms with E-state index in [1.54, 1.807) is 17.0 Å². The largest absolute Gasteiger partial charge is 0.351 e. The van der Waals surface area contributed by atoms with Crippen molar-refractivity contribution in [1.82, 2.24) is 15.0 Å². The van der Waals surface area contributed by atoms with Gasteiger partial charge in [-0.15, -0.1) is 0 Å². The van der Waals surface area contributed by atoms with Gasteiger partial charge in [-0.1, -0.05) is 17.3 Å². The number of carbonyl (C=O) groups excluding carboxylic acids is 2. The predicted octanol–water partition coefficient (Wildman–Crippen LogP) is 2.47. The Hall–Kier alpha value is -2.70. The molecule has 6 nitrogen and oxygen atoms in total. The lowest BCUT2D eigenvalue weighted by Gasteiger charge is -2.37. The molecule has 0 atom stereocenters. The molecule has 7 heteroatoms. The van der Waals surface area contributed by atoms with E-state index in [2.05, 4.69) is 5.16 Å². The maximum atomic E-state index is 13.4. The first kappa shape index (κ1) is 16.8. The molecule has 0 saturated carbocycles. The Labute approximate surface area is 150 Å². The minimum Gasteiger partial charge on any atom is -0.351 e. The van der Waals surface area contributed by atoms with Crippen molar-refractivity contribution in [2.75, 3.05) is 19.6 Å². The first-order valence-corrected chi connectivity index (χ1v) is 8.81. The average molecular weight is 357 g/mol. The molecule has 0 unspecified atom stereocenters. The maximum Gasteiger partial charge on any atom is 0.292 e. The molecule has 1 aromatic heterocycles. The fraction of sp³-hybridized carbons (Fsp3) is 0.421. The summed E-state index contributed by atoms with van der Waals surface area (Å²) in [6, 6.07) is 7.91. The quantitative estimate of drug-likeness (QED) is 0.846. The summed E-state index contributed by atoms with van der Waals surface area (Å²) in [6.07, 6.45) is 3.52. The number of halogens is 1. The highest BCUT2D eigenvalue weighted by Crippen LogP contribution is 2.42. The lowest BCUT2D eigenvalue weighted by atomic mass is 9.77. The van der Waals surface area contributed by atoms with Crippen molar-refractivity contribution in [1.29, 1.82) is 0 Å². The van der Waals surface area contributed by atoms with E-state index in [0.717, 1.165) is 12.0 Å². The van der Waals surface area contributed by atoms with Crippen LogP contribution in [0.2, 0.25) is 0 Å². The Morgan fingerprint density at radius 3 is 2.65 bits per heavy atom. The number of aromatic nitrogens is 1. The third kappa shape index (κ3) is 2.98. The van der Waals surface area contributed by atoms with Gasteiger partial charge in [-0.05, 0) is 37.0 Å². The second kappa shape index (κ2) is 6.55. The van der Waals surface area contributed by atoms with Crippen LogP contribution in [0.25, 0.3) is 0 Å². The molecule has 26 heavy (non-hydrogen) atoms. The number of carbonyl (C=O) groups is 2. The molecule has 0 radical (unpaired) electrons. The van der Waals surface area contributed by atoms with E-state index < -0.39 is 5.41 Å². The summed E-state index contributed by atoms with van der Waals surface area (Å²) in [6.45, 7) is 2.16. The summed E-state index contributed by atoms with van der Waals surface area (Å²) >= 11 is 0. The smallest absolute Gasteiger partial charge is 0.292 e. The van der Waals surface area contributed by atoms with Crippen LogP contribution in [-0.2, 0) is 11.3 Å². The van der Waals surface area contributed by atoms with E-state index in [9.17, 15) is 14.0 Å². The van der Waals surface area contributed by atoms with Crippen LogP contribution in [0.4, 0.5) is 4.39 Å². The molecule has 136 valence electrons. The third-order valence-corrected chi connectivity index (χ3v) is 5.52. The first-order valence-electron chi connectivity index (χ1n) is 8.81. The summed E-state index contributed by atoms with van der Waals surface area (Å²) in [5, 5.41) is 3.57. The van der Waals surface area contributed by atoms with E-state index in [0.29, 0.717) is 39.0 Å². The van der Waals surface area contributed by atoms with Gasteiger partial charge in [0.2, 0.25) is 11.7 Å². The van der Waals surface area contributed by atoms with Crippen LogP contribution in [-0.4, -0.2) is 46.4 Å². The summed E-state index contributed by atoms with van der Waals surface area (Å²) in [7, 11) is 0. The van der Waals surface area contributed by atoms with Crippen molar-refractivity contribution in [2.24, 2.45) is 5.41 Å². The summed E-state index contributed by atoms with van der Waals surface area (Å²) in [5.41, 5.74) is 0.402. The molecule has 0 aliphatic carbocycles. The van der Waals surface area contributed by atoms with E-state index in [4.69, 9.17) is 4.52 Å². The topological polar surface area (TPSA) is 66.7 Å². The van der Waals surface area contributed by atoms with Gasteiger partial charge in [0.15, 0.2) is 0 Å². The Kier molecular flexibility index (Phi) is 4.22. The Balaban J connectivity index is 1.40. The van der Waals surface area contributed by atoms with Crippen LogP contribution in [0.15, 0.2) is 41.1 Å². The molecule has 2 fully saturated rings. The number of likely N-dealkylation sites (tertiary alicyclic amines) is 2. The highest BCUT2D eigenvalue weighted by Gasteiger charge is 2.48. The molecule has 2 amide bonds. The number of amides is 2. The number of benzene rings is 1. The van der Waals surface area contributed by atoms with E-state index in [1.807, 2.05) is 11.0 Å². The molecule has 1 spiro atoms. The first-order chi connectivity index (χ1) is 12.6. The molecule has 0 bridgehead atoms. The van der Waals surface area contributed by atoms with Crippen molar-refractivity contribution in [2.45, 2.75) is 25.8 Å². The fourth-order valence-electron chi connectivity index (χ4n) is 3.98. The zero-order valence-electron chi connectivity index (χ0n) is 14.4. The minimum absolute atomic E-state index is 0.119. The second-order valence-corrected chi connectivity index (χ2v) is 7.06. The van der Waals surface area contributed by atoms with Gasteiger partial charge in [0.1, 0.15) is 5.82 Å². The van der Waals surface area contributed by atoms with Crippen LogP contribution in [0.3, 0.4) is 0 Å². The summed E-state index contributed by atoms with van der Waals surface area (Å²) in [4.78, 5) is 28.8. The van der Waals surface area contributed by atoms with E-state index in [-0.39, 0.29) is 23.4 Å². The molecular weight excluding hydrogens is 337 g/mol. The van der Waals surface area contributed by atoms with Crippen molar-refractivity contribution < 1.29 is 18.5 Å². The van der Waals surface area contributed by atoms with E-state index >= 15 is 0 Å². The van der Waals surface area contributed by atoms with Crippen molar-refractivity contribution in [3.63, 3.8) is 0 Å². The molecule has 4 rings (SSSR count). The number of piperidine rings is 1. The fourth-order valence-corrected chi connectivity index (χ4v) is 3.98. The molecule has 2 aliphatic rings. The standard InChI is InChI=1S/C19H20FN3O3/c20-15-3-1-2-14(12-15)13-23-11-7-19(18(23)25)5-9-22(10-6-19)17(24)16-4-8-21-26-16/h1-4,8,12H,5-7,9-11,13H2. The Bertz CT molecular complexity index is 813. The van der Waals surface area contributed by atoms with Crippen LogP contribution in [0.5, 0.6) is 0 Å². The lowest BCUT2D eigenvalue weighted by molar-refractivity contribution is -0.138. The van der Waals surface area contributed by atoms with Crippen molar-refractivity contribution in [3.8, 4) is 0 Å². The highest BCUT2D eigenvalue weighted by atomic mass is 19.1. The molecule has 2 aliphatic heterocycles. The normalized spacial score (nSPS) is 19.3. The van der Waals surface area contributed by atoms with Crippen LogP contribution in [0.1, 0.15) is 35.4 Å². The highest BCUT2D eigenvalue weighted by molar-refractivity contribution is 5.92. The predicted molar refractivity (Wildman–Crippen MR) is 90.5 cm³/mol. The zero-order valence-corrected chi connectivity index (χ0v) is 14.4. The van der Waals surface area contributed by atoms with Crippen LogP contribution >= 0.6 is 0 Å². The Morgan fingerprint density at radius 1 is 1.19 bits per heavy atom. The molecule has 2 aromatic rings. The third-order valence-electron chi connectivity index (χ3n) is 5.52. The van der Waals surface area contributed by atoms with Gasteiger partial charge < -0.3 is 14.3 Å². The van der Waals surface area contributed by atoms with E-state index in [1.165, 1.54) is 18.3 Å². The van der Waals surface area contributed by atoms with Crippen molar-refractivity contribution >= 4 is 11.8 Å². The number of hydrogen-bond donors (Lipinski definition) is 0. The molecule has 1 aromatic carbocycles. The van der Waals surface area contributed by atoms with Gasteiger partial charge in [-0.3, -0.25) is 9.59 Å². The SMILES string of the molecule is O=C(c1ccno1)N1CCC2(CC1)CCN(Cc1cccc(F)c1)C2=O. The van der Waals surface area contributed by atoms with Crippen molar-refractivity contribution in [3.05, 3.63) is 53.7 Å². The zero-order chi connectivity index (χ0) is 18.1. The van der Waals surface area contributed by atoms with Gasteiger partial charge >= 0.3 is 0 Å². The van der Waals surface area contributed by atoms with Gasteiger partial charge in [0.25, 0.3) is 5.91 Å². The molecular formula is C19H20FN3O3. The maximum absolute atomic E-state index is 13.4. The number of rotatable bonds is 3. The van der Waals surface area contributed by atoms with Crippen LogP contribution in [0, 0.1) is 11.2 Å². The number of hydrogen-bond acceptors (Lipinski definition) is 4. The lowest BCUT2D eigenvalue weighted by Crippen LogP contribution is -2.46. The van der Waals surface area contributed by atoms with Gasteiger partial charge in [-0.2, -0.15) is 0 Å². The van der Waals surface area contributed by atoms with Crippen LogP contribution < -0.4 is 0 Å².